The molecule has 2 aromatic rings. The van der Waals surface area contributed by atoms with Crippen molar-refractivity contribution in [2.45, 2.75) is 19.9 Å². The molecule has 21 heavy (non-hydrogen) atoms. The Balaban J connectivity index is 2.17. The van der Waals surface area contributed by atoms with Crippen molar-refractivity contribution in [1.29, 1.82) is 0 Å². The summed E-state index contributed by atoms with van der Waals surface area (Å²) in [5.41, 5.74) is 3.30. The van der Waals surface area contributed by atoms with E-state index < -0.39 is 5.97 Å². The molecule has 112 valence electrons. The summed E-state index contributed by atoms with van der Waals surface area (Å²) >= 11 is 0. The predicted octanol–water partition coefficient (Wildman–Crippen LogP) is 3.53. The van der Waals surface area contributed by atoms with Crippen molar-refractivity contribution in [2.75, 3.05) is 24.3 Å². The van der Waals surface area contributed by atoms with Crippen LogP contribution in [-0.2, 0) is 0 Å². The van der Waals surface area contributed by atoms with Crippen LogP contribution >= 0.6 is 0 Å². The van der Waals surface area contributed by atoms with Crippen molar-refractivity contribution in [3.63, 3.8) is 0 Å². The van der Waals surface area contributed by atoms with Crippen LogP contribution in [-0.4, -0.2) is 25.2 Å². The molecule has 5 nitrogen and oxygen atoms in total. The zero-order valence-corrected chi connectivity index (χ0v) is 12.7. The third-order valence-corrected chi connectivity index (χ3v) is 3.34. The highest BCUT2D eigenvalue weighted by molar-refractivity contribution is 5.84. The highest BCUT2D eigenvalue weighted by Gasteiger charge is 2.14. The van der Waals surface area contributed by atoms with Gasteiger partial charge in [0.1, 0.15) is 5.76 Å². The van der Waals surface area contributed by atoms with Crippen LogP contribution in [0.25, 0.3) is 0 Å². The Labute approximate surface area is 124 Å². The first kappa shape index (κ1) is 15.0. The zero-order valence-electron chi connectivity index (χ0n) is 12.7. The van der Waals surface area contributed by atoms with Crippen LogP contribution in [0.1, 0.15) is 34.8 Å². The molecule has 0 spiro atoms. The zero-order chi connectivity index (χ0) is 15.6. The lowest BCUT2D eigenvalue weighted by Gasteiger charge is -2.19. The Morgan fingerprint density at radius 3 is 2.57 bits per heavy atom. The average Bonchev–Trinajstić information content (AvgIpc) is 2.90. The first-order valence-electron chi connectivity index (χ1n) is 6.76. The smallest absolute Gasteiger partial charge is 0.371 e. The third kappa shape index (κ3) is 3.37. The summed E-state index contributed by atoms with van der Waals surface area (Å²) in [6, 6.07) is 9.15. The van der Waals surface area contributed by atoms with E-state index in [-0.39, 0.29) is 11.8 Å². The standard InChI is InChI=1S/C16H20N2O3/c1-10-5-6-12(9-13(10)18(3)4)17-11(2)14-7-8-15(21-14)16(19)20/h5-9,11,17H,1-4H3,(H,19,20). The number of carboxylic acids is 1. The molecule has 1 unspecified atom stereocenters. The van der Waals surface area contributed by atoms with Gasteiger partial charge in [0, 0.05) is 25.5 Å². The number of anilines is 2. The minimum atomic E-state index is -1.06. The van der Waals surface area contributed by atoms with E-state index in [9.17, 15) is 4.79 Å². The number of hydrogen-bond acceptors (Lipinski definition) is 4. The summed E-state index contributed by atoms with van der Waals surface area (Å²) in [4.78, 5) is 12.9. The molecule has 0 bridgehead atoms. The van der Waals surface area contributed by atoms with Crippen LogP contribution in [0, 0.1) is 6.92 Å². The number of furan rings is 1. The molecule has 5 heteroatoms. The van der Waals surface area contributed by atoms with Crippen molar-refractivity contribution >= 4 is 17.3 Å². The molecular weight excluding hydrogens is 268 g/mol. The van der Waals surface area contributed by atoms with Gasteiger partial charge in [0.25, 0.3) is 0 Å². The van der Waals surface area contributed by atoms with Crippen LogP contribution in [0.3, 0.4) is 0 Å². The van der Waals surface area contributed by atoms with E-state index in [0.717, 1.165) is 11.4 Å². The molecule has 2 N–H and O–H groups in total. The summed E-state index contributed by atoms with van der Waals surface area (Å²) in [7, 11) is 4.00. The van der Waals surface area contributed by atoms with E-state index in [1.807, 2.05) is 27.1 Å². The van der Waals surface area contributed by atoms with Crippen molar-refractivity contribution in [1.82, 2.24) is 0 Å². The molecule has 0 aliphatic heterocycles. The first-order chi connectivity index (χ1) is 9.88. The molecule has 0 aliphatic rings. The van der Waals surface area contributed by atoms with Gasteiger partial charge in [0.2, 0.25) is 5.76 Å². The Morgan fingerprint density at radius 2 is 2.00 bits per heavy atom. The summed E-state index contributed by atoms with van der Waals surface area (Å²) in [6.45, 7) is 3.99. The second-order valence-electron chi connectivity index (χ2n) is 5.27. The van der Waals surface area contributed by atoms with Gasteiger partial charge in [-0.25, -0.2) is 4.79 Å². The van der Waals surface area contributed by atoms with Gasteiger partial charge in [-0.2, -0.15) is 0 Å². The average molecular weight is 288 g/mol. The topological polar surface area (TPSA) is 65.7 Å². The Kier molecular flexibility index (Phi) is 4.21. The minimum Gasteiger partial charge on any atom is -0.475 e. The number of aryl methyl sites for hydroxylation is 1. The van der Waals surface area contributed by atoms with Crippen molar-refractivity contribution in [3.8, 4) is 0 Å². The normalized spacial score (nSPS) is 12.0. The number of benzene rings is 1. The quantitative estimate of drug-likeness (QED) is 0.881. The van der Waals surface area contributed by atoms with E-state index in [1.165, 1.54) is 11.6 Å². The molecule has 1 heterocycles. The lowest BCUT2D eigenvalue weighted by molar-refractivity contribution is 0.0660. The fourth-order valence-corrected chi connectivity index (χ4v) is 2.20. The number of nitrogens with one attached hydrogen (secondary N) is 1. The van der Waals surface area contributed by atoms with E-state index in [4.69, 9.17) is 9.52 Å². The number of nitrogens with zero attached hydrogens (tertiary/aromatic N) is 1. The molecule has 0 saturated heterocycles. The number of hydrogen-bond donors (Lipinski definition) is 2. The van der Waals surface area contributed by atoms with Gasteiger partial charge in [0.05, 0.1) is 6.04 Å². The second-order valence-corrected chi connectivity index (χ2v) is 5.27. The van der Waals surface area contributed by atoms with E-state index in [1.54, 1.807) is 6.07 Å². The van der Waals surface area contributed by atoms with Gasteiger partial charge in [-0.05, 0) is 43.7 Å². The molecule has 1 atom stereocenters. The maximum absolute atomic E-state index is 10.8. The van der Waals surface area contributed by atoms with E-state index in [0.29, 0.717) is 5.76 Å². The van der Waals surface area contributed by atoms with Gasteiger partial charge < -0.3 is 19.7 Å². The van der Waals surface area contributed by atoms with Crippen molar-refractivity contribution in [3.05, 3.63) is 47.4 Å². The largest absolute Gasteiger partial charge is 0.475 e. The minimum absolute atomic E-state index is 0.0449. The fourth-order valence-electron chi connectivity index (χ4n) is 2.20. The molecule has 0 aliphatic carbocycles. The second kappa shape index (κ2) is 5.91. The molecule has 1 aromatic heterocycles. The summed E-state index contributed by atoms with van der Waals surface area (Å²) in [5.74, 6) is -0.505. The maximum atomic E-state index is 10.8. The molecule has 1 aromatic carbocycles. The third-order valence-electron chi connectivity index (χ3n) is 3.34. The van der Waals surface area contributed by atoms with Crippen LogP contribution < -0.4 is 10.2 Å². The Bertz CT molecular complexity index is 647. The maximum Gasteiger partial charge on any atom is 0.371 e. The lowest BCUT2D eigenvalue weighted by Crippen LogP contribution is -2.11. The lowest BCUT2D eigenvalue weighted by atomic mass is 10.1. The number of carboxylic acid groups (broad SMARTS) is 1. The molecule has 0 fully saturated rings. The Morgan fingerprint density at radius 1 is 1.29 bits per heavy atom. The van der Waals surface area contributed by atoms with Gasteiger partial charge in [-0.1, -0.05) is 6.07 Å². The SMILES string of the molecule is Cc1ccc(NC(C)c2ccc(C(=O)O)o2)cc1N(C)C. The van der Waals surface area contributed by atoms with Gasteiger partial charge >= 0.3 is 5.97 Å². The van der Waals surface area contributed by atoms with Gasteiger partial charge in [0.15, 0.2) is 0 Å². The molecule has 0 saturated carbocycles. The van der Waals surface area contributed by atoms with E-state index >= 15 is 0 Å². The van der Waals surface area contributed by atoms with E-state index in [2.05, 4.69) is 29.3 Å². The first-order valence-corrected chi connectivity index (χ1v) is 6.76. The highest BCUT2D eigenvalue weighted by Crippen LogP contribution is 2.26. The molecule has 0 radical (unpaired) electrons. The highest BCUT2D eigenvalue weighted by atomic mass is 16.4. The van der Waals surface area contributed by atoms with Crippen LogP contribution in [0.15, 0.2) is 34.7 Å². The fraction of sp³-hybridized carbons (Fsp3) is 0.312. The van der Waals surface area contributed by atoms with Crippen molar-refractivity contribution < 1.29 is 14.3 Å². The predicted molar refractivity (Wildman–Crippen MR) is 83.2 cm³/mol. The summed E-state index contributed by atoms with van der Waals surface area (Å²) in [6.07, 6.45) is 0. The molecular formula is C16H20N2O3. The summed E-state index contributed by atoms with van der Waals surface area (Å²) < 4.78 is 5.31. The number of aromatic carboxylic acids is 1. The van der Waals surface area contributed by atoms with Gasteiger partial charge in [-0.15, -0.1) is 0 Å². The summed E-state index contributed by atoms with van der Waals surface area (Å²) in [5, 5.41) is 12.2. The van der Waals surface area contributed by atoms with Gasteiger partial charge in [-0.3, -0.25) is 0 Å². The molecule has 0 amide bonds. The van der Waals surface area contributed by atoms with Crippen molar-refractivity contribution in [2.24, 2.45) is 0 Å². The number of carbonyl (C=O) groups is 1. The number of rotatable bonds is 5. The van der Waals surface area contributed by atoms with Crippen LogP contribution in [0.2, 0.25) is 0 Å². The van der Waals surface area contributed by atoms with Crippen LogP contribution in [0.5, 0.6) is 0 Å². The Hall–Kier alpha value is -2.43. The molecule has 2 rings (SSSR count). The van der Waals surface area contributed by atoms with Crippen LogP contribution in [0.4, 0.5) is 11.4 Å². The monoisotopic (exact) mass is 288 g/mol.